The van der Waals surface area contributed by atoms with E-state index in [0.29, 0.717) is 47.5 Å². The van der Waals surface area contributed by atoms with Crippen molar-refractivity contribution in [3.05, 3.63) is 77.7 Å². The zero-order valence-corrected chi connectivity index (χ0v) is 22.8. The Morgan fingerprint density at radius 2 is 1.93 bits per heavy atom. The van der Waals surface area contributed by atoms with Gasteiger partial charge in [0, 0.05) is 17.5 Å². The van der Waals surface area contributed by atoms with Gasteiger partial charge in [0.15, 0.2) is 0 Å². The minimum atomic E-state index is -4.67. The molecule has 5 rings (SSSR count). The van der Waals surface area contributed by atoms with Gasteiger partial charge in [0.1, 0.15) is 11.0 Å². The molecular formula is C27H24ClF3N4O4S. The van der Waals surface area contributed by atoms with Gasteiger partial charge in [-0.15, -0.1) is 10.2 Å². The summed E-state index contributed by atoms with van der Waals surface area (Å²) in [6, 6.07) is 8.06. The molecule has 2 heterocycles. The summed E-state index contributed by atoms with van der Waals surface area (Å²) in [4.78, 5) is 25.1. The first kappa shape index (κ1) is 28.0. The Bertz CT molecular complexity index is 1670. The Kier molecular flexibility index (Phi) is 7.83. The van der Waals surface area contributed by atoms with E-state index in [2.05, 4.69) is 15.4 Å². The van der Waals surface area contributed by atoms with Gasteiger partial charge in [-0.2, -0.15) is 13.2 Å². The minimum Gasteiger partial charge on any atom is -0.493 e. The summed E-state index contributed by atoms with van der Waals surface area (Å²) < 4.78 is 48.3. The van der Waals surface area contributed by atoms with E-state index in [1.807, 2.05) is 0 Å². The van der Waals surface area contributed by atoms with Gasteiger partial charge in [0.05, 0.1) is 23.0 Å². The average Bonchev–Trinajstić information content (AvgIpc) is 3.50. The molecular weight excluding hydrogens is 569 g/mol. The van der Waals surface area contributed by atoms with E-state index in [4.69, 9.17) is 16.3 Å². The number of alkyl halides is 3. The smallest absolute Gasteiger partial charge is 0.416 e. The summed E-state index contributed by atoms with van der Waals surface area (Å²) in [7, 11) is 0. The molecule has 0 spiro atoms. The van der Waals surface area contributed by atoms with E-state index in [1.165, 1.54) is 16.7 Å². The molecule has 1 N–H and O–H groups in total. The maximum Gasteiger partial charge on any atom is 0.416 e. The van der Waals surface area contributed by atoms with E-state index in [9.17, 15) is 27.9 Å². The lowest BCUT2D eigenvalue weighted by molar-refractivity contribution is -0.149. The third-order valence-corrected chi connectivity index (χ3v) is 8.39. The highest BCUT2D eigenvalue weighted by molar-refractivity contribution is 7.10. The fourth-order valence-electron chi connectivity index (χ4n) is 5.19. The Hall–Kier alpha value is -3.51. The number of hydrogen-bond donors (Lipinski definition) is 1. The fourth-order valence-corrected chi connectivity index (χ4v) is 6.37. The van der Waals surface area contributed by atoms with Crippen molar-refractivity contribution in [3.8, 4) is 5.88 Å². The average molecular weight is 593 g/mol. The molecule has 210 valence electrons. The molecule has 2 aromatic carbocycles. The zero-order valence-electron chi connectivity index (χ0n) is 21.2. The largest absolute Gasteiger partial charge is 0.493 e. The minimum absolute atomic E-state index is 0.0609. The summed E-state index contributed by atoms with van der Waals surface area (Å²) in [5.41, 5.74) is -0.237. The Morgan fingerprint density at radius 1 is 1.18 bits per heavy atom. The highest BCUT2D eigenvalue weighted by atomic mass is 35.5. The van der Waals surface area contributed by atoms with Crippen molar-refractivity contribution in [1.82, 2.24) is 4.57 Å². The maximum absolute atomic E-state index is 13.9. The van der Waals surface area contributed by atoms with Crippen LogP contribution < -0.4 is 15.4 Å². The van der Waals surface area contributed by atoms with Gasteiger partial charge in [-0.25, -0.2) is 0 Å². The van der Waals surface area contributed by atoms with Crippen molar-refractivity contribution < 1.29 is 27.8 Å². The van der Waals surface area contributed by atoms with Crippen molar-refractivity contribution in [2.24, 2.45) is 21.4 Å². The van der Waals surface area contributed by atoms with Gasteiger partial charge in [0.2, 0.25) is 5.88 Å². The number of ether oxygens (including phenoxy) is 1. The first-order valence-electron chi connectivity index (χ1n) is 12.7. The lowest BCUT2D eigenvalue weighted by Gasteiger charge is -2.28. The predicted molar refractivity (Wildman–Crippen MR) is 142 cm³/mol. The molecule has 1 aromatic heterocycles. The summed E-state index contributed by atoms with van der Waals surface area (Å²) in [5, 5.41) is 23.7. The highest BCUT2D eigenvalue weighted by Gasteiger charge is 2.35. The number of esters is 1. The van der Waals surface area contributed by atoms with Crippen LogP contribution >= 0.6 is 22.9 Å². The van der Waals surface area contributed by atoms with Crippen LogP contribution in [0.2, 0.25) is 5.02 Å². The van der Waals surface area contributed by atoms with E-state index in [1.54, 1.807) is 25.1 Å². The third kappa shape index (κ3) is 5.55. The second-order valence-corrected chi connectivity index (χ2v) is 11.0. The van der Waals surface area contributed by atoms with Crippen LogP contribution in [-0.2, 0) is 22.1 Å². The molecule has 1 aliphatic heterocycles. The van der Waals surface area contributed by atoms with Crippen molar-refractivity contribution in [1.29, 1.82) is 0 Å². The van der Waals surface area contributed by atoms with Crippen LogP contribution in [0.5, 0.6) is 5.88 Å². The number of aromatic nitrogens is 1. The molecule has 40 heavy (non-hydrogen) atoms. The van der Waals surface area contributed by atoms with Crippen molar-refractivity contribution in [2.45, 2.75) is 51.2 Å². The molecule has 1 saturated carbocycles. The van der Waals surface area contributed by atoms with E-state index >= 15 is 0 Å². The van der Waals surface area contributed by atoms with Gasteiger partial charge in [-0.3, -0.25) is 14.2 Å². The standard InChI is InChI=1S/C27H24ClF3N4O4S/c1-2-39-25(37)14-4-8-18(9-5-14)35-24(36)23(40-26(35)38)19(15-6-10-21-22(12-15)33-34-32-21)11-16-3-7-17(28)13-20(16)27(29,30)31/h3,6-7,10,12-14,18,36H,2,4-5,8-9,11H2,1H3. The van der Waals surface area contributed by atoms with Crippen LogP contribution in [0.15, 0.2) is 56.6 Å². The highest BCUT2D eigenvalue weighted by Crippen LogP contribution is 2.40. The number of benzene rings is 2. The van der Waals surface area contributed by atoms with E-state index in [-0.39, 0.29) is 52.3 Å². The van der Waals surface area contributed by atoms with E-state index < -0.39 is 16.6 Å². The number of nitrogens with zero attached hydrogens (tertiary/aromatic N) is 4. The van der Waals surface area contributed by atoms with Crippen LogP contribution in [0.1, 0.15) is 54.7 Å². The second-order valence-electron chi connectivity index (χ2n) is 9.60. The summed E-state index contributed by atoms with van der Waals surface area (Å²) >= 11 is 6.65. The summed E-state index contributed by atoms with van der Waals surface area (Å²) in [5.74, 6) is -0.868. The molecule has 3 aromatic rings. The fraction of sp³-hybridized carbons (Fsp3) is 0.370. The Labute approximate surface area is 235 Å². The number of fused-ring (bicyclic) bond motifs is 1. The Morgan fingerprint density at radius 3 is 2.62 bits per heavy atom. The molecule has 8 nitrogen and oxygen atoms in total. The maximum atomic E-state index is 13.9. The number of hydrogen-bond acceptors (Lipinski definition) is 8. The molecule has 0 amide bonds. The number of aromatic hydroxyl groups is 1. The molecule has 2 aliphatic rings. The first-order valence-corrected chi connectivity index (χ1v) is 13.8. The monoisotopic (exact) mass is 592 g/mol. The molecule has 13 heteroatoms. The SMILES string of the molecule is CCOC(=O)C1CCC(n2c(O)c(C(Cc3ccc(Cl)cc3C(F)(F)F)=c3ccc4c(c3)N=NN=4)sc2=O)CC1. The molecule has 0 saturated heterocycles. The summed E-state index contributed by atoms with van der Waals surface area (Å²) in [6.45, 7) is 2.02. The van der Waals surface area contributed by atoms with Crippen LogP contribution in [-0.4, -0.2) is 22.2 Å². The number of thiazole rings is 1. The zero-order chi connectivity index (χ0) is 28.6. The lowest BCUT2D eigenvalue weighted by Crippen LogP contribution is -2.28. The van der Waals surface area contributed by atoms with Crippen molar-refractivity contribution in [2.75, 3.05) is 6.61 Å². The van der Waals surface area contributed by atoms with Gasteiger partial charge >= 0.3 is 17.0 Å². The predicted octanol–water partition coefficient (Wildman–Crippen LogP) is 5.66. The van der Waals surface area contributed by atoms with Crippen LogP contribution in [0.4, 0.5) is 18.9 Å². The topological polar surface area (TPSA) is 106 Å². The molecule has 0 bridgehead atoms. The van der Waals surface area contributed by atoms with Crippen LogP contribution in [0.3, 0.4) is 0 Å². The normalized spacial score (nSPS) is 19.2. The second kappa shape index (κ2) is 11.2. The number of halogens is 4. The van der Waals surface area contributed by atoms with Gasteiger partial charge < -0.3 is 9.84 Å². The quantitative estimate of drug-likeness (QED) is 0.373. The first-order chi connectivity index (χ1) is 19.1. The van der Waals surface area contributed by atoms with Gasteiger partial charge in [-0.1, -0.05) is 35.1 Å². The Balaban J connectivity index is 1.59. The number of carbonyl (C=O) groups excluding carboxylic acids is 1. The third-order valence-electron chi connectivity index (χ3n) is 7.15. The van der Waals surface area contributed by atoms with Crippen molar-refractivity contribution >= 4 is 40.2 Å². The van der Waals surface area contributed by atoms with Gasteiger partial charge in [0.25, 0.3) is 0 Å². The molecule has 0 radical (unpaired) electrons. The van der Waals surface area contributed by atoms with Gasteiger partial charge in [-0.05, 0) is 78.5 Å². The molecule has 1 aliphatic carbocycles. The van der Waals surface area contributed by atoms with E-state index in [0.717, 1.165) is 17.4 Å². The number of rotatable bonds is 6. The number of carbonyl (C=O) groups is 1. The molecule has 0 unspecified atom stereocenters. The van der Waals surface area contributed by atoms with Crippen molar-refractivity contribution in [3.63, 3.8) is 0 Å². The molecule has 1 fully saturated rings. The van der Waals surface area contributed by atoms with Crippen LogP contribution in [0, 0.1) is 5.92 Å². The lowest BCUT2D eigenvalue weighted by atomic mass is 9.86. The molecule has 0 atom stereocenters. The summed E-state index contributed by atoms with van der Waals surface area (Å²) in [6.07, 6.45) is -2.99. The van der Waals surface area contributed by atoms with Crippen LogP contribution in [0.25, 0.3) is 5.57 Å².